The molecule has 0 aliphatic rings. The van der Waals surface area contributed by atoms with E-state index in [1.54, 1.807) is 0 Å². The molecule has 4 rings (SSSR count). The van der Waals surface area contributed by atoms with E-state index in [-0.39, 0.29) is 10.6 Å². The van der Waals surface area contributed by atoms with Crippen molar-refractivity contribution in [3.63, 3.8) is 0 Å². The van der Waals surface area contributed by atoms with E-state index in [0.29, 0.717) is 35.5 Å². The van der Waals surface area contributed by atoms with Gasteiger partial charge in [0.1, 0.15) is 11.4 Å². The van der Waals surface area contributed by atoms with Crippen LogP contribution in [0, 0.1) is 5.82 Å². The van der Waals surface area contributed by atoms with Gasteiger partial charge in [0, 0.05) is 5.56 Å². The first-order chi connectivity index (χ1) is 14.5. The molecule has 0 bridgehead atoms. The number of aromatic nitrogens is 2. The van der Waals surface area contributed by atoms with Crippen molar-refractivity contribution < 1.29 is 14.3 Å². The van der Waals surface area contributed by atoms with Crippen molar-refractivity contribution in [2.75, 3.05) is 0 Å². The van der Waals surface area contributed by atoms with Crippen LogP contribution in [0.25, 0.3) is 16.9 Å². The second-order valence-corrected chi connectivity index (χ2v) is 7.24. The third-order valence-corrected chi connectivity index (χ3v) is 5.15. The second kappa shape index (κ2) is 8.51. The summed E-state index contributed by atoms with van der Waals surface area (Å²) in [6, 6.07) is 23.2. The Morgan fingerprint density at radius 2 is 1.63 bits per heavy atom. The molecule has 0 saturated carbocycles. The summed E-state index contributed by atoms with van der Waals surface area (Å²) >= 11 is 5.98. The van der Waals surface area contributed by atoms with Crippen molar-refractivity contribution in [3.05, 3.63) is 107 Å². The maximum atomic E-state index is 13.7. The van der Waals surface area contributed by atoms with E-state index in [1.807, 2.05) is 60.7 Å². The predicted molar refractivity (Wildman–Crippen MR) is 115 cm³/mol. The first-order valence-corrected chi connectivity index (χ1v) is 9.82. The van der Waals surface area contributed by atoms with Gasteiger partial charge in [-0.3, -0.25) is 0 Å². The lowest BCUT2D eigenvalue weighted by atomic mass is 10.0. The fourth-order valence-electron chi connectivity index (χ4n) is 3.44. The number of carboxylic acid groups (broad SMARTS) is 1. The smallest absolute Gasteiger partial charge is 0.339 e. The Morgan fingerprint density at radius 3 is 2.27 bits per heavy atom. The van der Waals surface area contributed by atoms with Gasteiger partial charge in [-0.1, -0.05) is 72.3 Å². The highest BCUT2D eigenvalue weighted by molar-refractivity contribution is 6.30. The number of hydrogen-bond acceptors (Lipinski definition) is 2. The molecule has 4 aromatic rings. The molecule has 0 aliphatic heterocycles. The number of hydrogen-bond donors (Lipinski definition) is 1. The molecule has 0 radical (unpaired) electrons. The zero-order valence-electron chi connectivity index (χ0n) is 15.9. The monoisotopic (exact) mass is 420 g/mol. The number of aromatic carboxylic acids is 1. The van der Waals surface area contributed by atoms with Crippen molar-refractivity contribution in [2.24, 2.45) is 0 Å². The molecule has 4 nitrogen and oxygen atoms in total. The Hall–Kier alpha value is -3.44. The summed E-state index contributed by atoms with van der Waals surface area (Å²) in [7, 11) is 0. The third-order valence-electron chi connectivity index (χ3n) is 4.86. The van der Waals surface area contributed by atoms with Crippen LogP contribution in [0.4, 0.5) is 4.39 Å². The highest BCUT2D eigenvalue weighted by atomic mass is 35.5. The van der Waals surface area contributed by atoms with E-state index >= 15 is 0 Å². The van der Waals surface area contributed by atoms with Crippen molar-refractivity contribution in [2.45, 2.75) is 12.8 Å². The number of aryl methyl sites for hydroxylation is 2. The average molecular weight is 421 g/mol. The summed E-state index contributed by atoms with van der Waals surface area (Å²) in [6.07, 6.45) is 1.10. The van der Waals surface area contributed by atoms with Crippen LogP contribution in [0.1, 0.15) is 21.6 Å². The molecule has 0 fully saturated rings. The van der Waals surface area contributed by atoms with Gasteiger partial charge in [0.25, 0.3) is 0 Å². The van der Waals surface area contributed by atoms with Crippen molar-refractivity contribution in [3.8, 4) is 16.9 Å². The summed E-state index contributed by atoms with van der Waals surface area (Å²) in [5.41, 5.74) is 3.33. The van der Waals surface area contributed by atoms with Gasteiger partial charge in [-0.25, -0.2) is 13.9 Å². The van der Waals surface area contributed by atoms with Gasteiger partial charge >= 0.3 is 5.97 Å². The van der Waals surface area contributed by atoms with Crippen LogP contribution in [0.3, 0.4) is 0 Å². The van der Waals surface area contributed by atoms with Gasteiger partial charge in [-0.2, -0.15) is 5.10 Å². The molecule has 0 spiro atoms. The minimum absolute atomic E-state index is 0.0512. The van der Waals surface area contributed by atoms with Crippen LogP contribution in [0.15, 0.2) is 78.9 Å². The maximum Gasteiger partial charge on any atom is 0.339 e. The maximum absolute atomic E-state index is 13.7. The standard InChI is InChI=1S/C24H18ClFN2O2/c25-19-15-18(12-13-20(19)26)28-23(17-9-5-2-6-10-17)22(24(29)30)21(27-28)14-11-16-7-3-1-4-8-16/h1-10,12-13,15H,11,14H2,(H,29,30). The number of carboxylic acids is 1. The Bertz CT molecular complexity index is 1190. The van der Waals surface area contributed by atoms with E-state index in [1.165, 1.54) is 22.9 Å². The van der Waals surface area contributed by atoms with Crippen LogP contribution < -0.4 is 0 Å². The van der Waals surface area contributed by atoms with Crippen molar-refractivity contribution >= 4 is 17.6 Å². The van der Waals surface area contributed by atoms with Gasteiger partial charge in [-0.05, 0) is 36.6 Å². The van der Waals surface area contributed by atoms with Gasteiger partial charge in [-0.15, -0.1) is 0 Å². The largest absolute Gasteiger partial charge is 0.478 e. The molecule has 150 valence electrons. The zero-order valence-corrected chi connectivity index (χ0v) is 16.7. The zero-order chi connectivity index (χ0) is 21.1. The van der Waals surface area contributed by atoms with E-state index in [0.717, 1.165) is 5.56 Å². The summed E-state index contributed by atoms with van der Waals surface area (Å²) in [4.78, 5) is 12.3. The fourth-order valence-corrected chi connectivity index (χ4v) is 3.61. The van der Waals surface area contributed by atoms with Gasteiger partial charge in [0.15, 0.2) is 0 Å². The Labute approximate surface area is 178 Å². The van der Waals surface area contributed by atoms with Gasteiger partial charge in [0.2, 0.25) is 0 Å². The molecule has 3 aromatic carbocycles. The van der Waals surface area contributed by atoms with Crippen LogP contribution >= 0.6 is 11.6 Å². The quantitative estimate of drug-likeness (QED) is 0.428. The lowest BCUT2D eigenvalue weighted by molar-refractivity contribution is 0.0696. The van der Waals surface area contributed by atoms with Crippen LogP contribution in [0.2, 0.25) is 5.02 Å². The van der Waals surface area contributed by atoms with Crippen molar-refractivity contribution in [1.82, 2.24) is 9.78 Å². The predicted octanol–water partition coefficient (Wildman–Crippen LogP) is 5.82. The molecule has 30 heavy (non-hydrogen) atoms. The summed E-state index contributed by atoms with van der Waals surface area (Å²) < 4.78 is 15.2. The molecule has 1 aromatic heterocycles. The first-order valence-electron chi connectivity index (χ1n) is 9.44. The molecule has 0 unspecified atom stereocenters. The molecular weight excluding hydrogens is 403 g/mol. The molecule has 0 aliphatic carbocycles. The normalized spacial score (nSPS) is 10.9. The highest BCUT2D eigenvalue weighted by Crippen LogP contribution is 2.31. The van der Waals surface area contributed by atoms with E-state index < -0.39 is 11.8 Å². The SMILES string of the molecule is O=C(O)c1c(CCc2ccccc2)nn(-c2ccc(F)c(Cl)c2)c1-c1ccccc1. The highest BCUT2D eigenvalue weighted by Gasteiger charge is 2.25. The van der Waals surface area contributed by atoms with Crippen LogP contribution in [-0.4, -0.2) is 20.9 Å². The summed E-state index contributed by atoms with van der Waals surface area (Å²) in [6.45, 7) is 0. The molecular formula is C24H18ClFN2O2. The molecule has 0 amide bonds. The van der Waals surface area contributed by atoms with E-state index in [4.69, 9.17) is 11.6 Å². The molecule has 0 atom stereocenters. The number of rotatable bonds is 6. The van der Waals surface area contributed by atoms with Crippen molar-refractivity contribution in [1.29, 1.82) is 0 Å². The minimum atomic E-state index is -1.06. The summed E-state index contributed by atoms with van der Waals surface area (Å²) in [5, 5.41) is 14.6. The van der Waals surface area contributed by atoms with Gasteiger partial charge < -0.3 is 5.11 Å². The van der Waals surface area contributed by atoms with Crippen LogP contribution in [-0.2, 0) is 12.8 Å². The molecule has 1 N–H and O–H groups in total. The number of carbonyl (C=O) groups is 1. The Kier molecular flexibility index (Phi) is 5.63. The first kappa shape index (κ1) is 19.9. The number of halogens is 2. The Balaban J connectivity index is 1.87. The molecule has 0 saturated heterocycles. The Morgan fingerprint density at radius 1 is 0.967 bits per heavy atom. The number of benzene rings is 3. The third kappa shape index (κ3) is 3.98. The molecule has 1 heterocycles. The fraction of sp³-hybridized carbons (Fsp3) is 0.0833. The topological polar surface area (TPSA) is 55.1 Å². The number of nitrogens with zero attached hydrogens (tertiary/aromatic N) is 2. The van der Waals surface area contributed by atoms with E-state index in [2.05, 4.69) is 5.10 Å². The average Bonchev–Trinajstić information content (AvgIpc) is 3.15. The second-order valence-electron chi connectivity index (χ2n) is 6.84. The molecule has 6 heteroatoms. The van der Waals surface area contributed by atoms with E-state index in [9.17, 15) is 14.3 Å². The van der Waals surface area contributed by atoms with Crippen LogP contribution in [0.5, 0.6) is 0 Å². The summed E-state index contributed by atoms with van der Waals surface area (Å²) in [5.74, 6) is -1.60. The lowest BCUT2D eigenvalue weighted by Crippen LogP contribution is -2.04. The lowest BCUT2D eigenvalue weighted by Gasteiger charge is -2.09. The van der Waals surface area contributed by atoms with Gasteiger partial charge in [0.05, 0.1) is 22.1 Å². The minimum Gasteiger partial charge on any atom is -0.478 e.